The van der Waals surface area contributed by atoms with Gasteiger partial charge in [-0.15, -0.1) is 0 Å². The molecule has 0 saturated heterocycles. The van der Waals surface area contributed by atoms with E-state index in [9.17, 15) is 5.11 Å². The summed E-state index contributed by atoms with van der Waals surface area (Å²) < 4.78 is 0. The van der Waals surface area contributed by atoms with Gasteiger partial charge in [-0.25, -0.2) is 0 Å². The van der Waals surface area contributed by atoms with Crippen molar-refractivity contribution in [3.8, 4) is 0 Å². The van der Waals surface area contributed by atoms with Crippen LogP contribution in [0.4, 0.5) is 0 Å². The van der Waals surface area contributed by atoms with Crippen molar-refractivity contribution in [2.45, 2.75) is 33.3 Å². The maximum atomic E-state index is 10.5. The molecule has 0 heterocycles. The molecule has 1 nitrogen and oxygen atoms in total. The van der Waals surface area contributed by atoms with E-state index < -0.39 is 6.10 Å². The van der Waals surface area contributed by atoms with Crippen LogP contribution in [0.15, 0.2) is 42.5 Å². The summed E-state index contributed by atoms with van der Waals surface area (Å²) in [6, 6.07) is 13.8. The smallest absolute Gasteiger partial charge is 0.104 e. The summed E-state index contributed by atoms with van der Waals surface area (Å²) >= 11 is 6.02. The lowest BCUT2D eigenvalue weighted by atomic mass is 9.95. The lowest BCUT2D eigenvalue weighted by Crippen LogP contribution is -2.02. The number of benzene rings is 2. The molecule has 2 heteroatoms. The number of aliphatic hydroxyl groups is 1. The summed E-state index contributed by atoms with van der Waals surface area (Å²) in [5, 5.41) is 11.2. The molecule has 2 aromatic rings. The van der Waals surface area contributed by atoms with Crippen molar-refractivity contribution < 1.29 is 5.11 Å². The monoisotopic (exact) mass is 288 g/mol. The van der Waals surface area contributed by atoms with Gasteiger partial charge in [0, 0.05) is 5.02 Å². The van der Waals surface area contributed by atoms with Crippen LogP contribution in [0.25, 0.3) is 0 Å². The van der Waals surface area contributed by atoms with Crippen LogP contribution in [0.2, 0.25) is 5.02 Å². The molecule has 20 heavy (non-hydrogen) atoms. The third-order valence-corrected chi connectivity index (χ3v) is 3.71. The molecular formula is C18H21ClO. The van der Waals surface area contributed by atoms with E-state index in [4.69, 9.17) is 11.6 Å². The Labute approximate surface area is 126 Å². The van der Waals surface area contributed by atoms with E-state index in [2.05, 4.69) is 26.0 Å². The molecule has 0 aromatic heterocycles. The molecule has 0 bridgehead atoms. The first-order chi connectivity index (χ1) is 9.47. The Morgan fingerprint density at radius 1 is 1.05 bits per heavy atom. The van der Waals surface area contributed by atoms with Gasteiger partial charge < -0.3 is 5.11 Å². The Kier molecular flexibility index (Phi) is 4.85. The van der Waals surface area contributed by atoms with Gasteiger partial charge in [0.1, 0.15) is 6.10 Å². The minimum absolute atomic E-state index is 0.623. The quantitative estimate of drug-likeness (QED) is 0.846. The fraction of sp³-hybridized carbons (Fsp3) is 0.333. The SMILES string of the molecule is Cc1ccc(Cl)cc1C(O)c1ccc(CC(C)C)cc1. The maximum absolute atomic E-state index is 10.5. The molecule has 0 spiro atoms. The van der Waals surface area contributed by atoms with Crippen molar-refractivity contribution in [1.29, 1.82) is 0 Å². The second kappa shape index (κ2) is 6.43. The largest absolute Gasteiger partial charge is 0.384 e. The first-order valence-electron chi connectivity index (χ1n) is 7.00. The summed E-state index contributed by atoms with van der Waals surface area (Å²) in [5.41, 5.74) is 4.13. The normalized spacial score (nSPS) is 12.7. The number of rotatable bonds is 4. The van der Waals surface area contributed by atoms with Crippen molar-refractivity contribution in [1.82, 2.24) is 0 Å². The van der Waals surface area contributed by atoms with E-state index in [1.807, 2.05) is 37.3 Å². The van der Waals surface area contributed by atoms with Crippen molar-refractivity contribution in [2.24, 2.45) is 5.92 Å². The fourth-order valence-electron chi connectivity index (χ4n) is 2.39. The summed E-state index contributed by atoms with van der Waals surface area (Å²) in [6.07, 6.45) is 0.439. The Morgan fingerprint density at radius 2 is 1.70 bits per heavy atom. The van der Waals surface area contributed by atoms with E-state index >= 15 is 0 Å². The minimum Gasteiger partial charge on any atom is -0.384 e. The van der Waals surface area contributed by atoms with Gasteiger partial charge in [0.2, 0.25) is 0 Å². The van der Waals surface area contributed by atoms with Gasteiger partial charge in [-0.3, -0.25) is 0 Å². The van der Waals surface area contributed by atoms with E-state index in [0.717, 1.165) is 23.1 Å². The van der Waals surface area contributed by atoms with Crippen molar-refractivity contribution in [3.05, 3.63) is 69.7 Å². The highest BCUT2D eigenvalue weighted by molar-refractivity contribution is 6.30. The highest BCUT2D eigenvalue weighted by Crippen LogP contribution is 2.27. The molecule has 0 aliphatic heterocycles. The zero-order valence-electron chi connectivity index (χ0n) is 12.2. The highest BCUT2D eigenvalue weighted by atomic mass is 35.5. The molecule has 0 radical (unpaired) electrons. The molecule has 2 aromatic carbocycles. The molecule has 0 aliphatic carbocycles. The predicted molar refractivity (Wildman–Crippen MR) is 85.2 cm³/mol. The van der Waals surface area contributed by atoms with E-state index in [-0.39, 0.29) is 0 Å². The molecule has 0 saturated carbocycles. The standard InChI is InChI=1S/C18H21ClO/c1-12(2)10-14-5-7-15(8-6-14)18(20)17-11-16(19)9-4-13(17)3/h4-9,11-12,18,20H,10H2,1-3H3. The first-order valence-corrected chi connectivity index (χ1v) is 7.38. The van der Waals surface area contributed by atoms with Crippen LogP contribution in [0, 0.1) is 12.8 Å². The molecule has 106 valence electrons. The van der Waals surface area contributed by atoms with Crippen LogP contribution in [0.1, 0.15) is 42.2 Å². The number of hydrogen-bond donors (Lipinski definition) is 1. The molecular weight excluding hydrogens is 268 g/mol. The van der Waals surface area contributed by atoms with Crippen molar-refractivity contribution in [3.63, 3.8) is 0 Å². The molecule has 2 rings (SSSR count). The van der Waals surface area contributed by atoms with Crippen molar-refractivity contribution >= 4 is 11.6 Å². The van der Waals surface area contributed by atoms with Gasteiger partial charge in [-0.2, -0.15) is 0 Å². The third-order valence-electron chi connectivity index (χ3n) is 3.48. The zero-order valence-corrected chi connectivity index (χ0v) is 13.0. The average Bonchev–Trinajstić information content (AvgIpc) is 2.41. The van der Waals surface area contributed by atoms with E-state index in [0.29, 0.717) is 10.9 Å². The van der Waals surface area contributed by atoms with Gasteiger partial charge in [-0.05, 0) is 53.6 Å². The van der Waals surface area contributed by atoms with Gasteiger partial charge >= 0.3 is 0 Å². The molecule has 0 fully saturated rings. The number of hydrogen-bond acceptors (Lipinski definition) is 1. The first kappa shape index (κ1) is 15.1. The lowest BCUT2D eigenvalue weighted by molar-refractivity contribution is 0.219. The van der Waals surface area contributed by atoms with Gasteiger partial charge in [0.05, 0.1) is 0 Å². The number of aryl methyl sites for hydroxylation is 1. The Morgan fingerprint density at radius 3 is 2.30 bits per heavy atom. The van der Waals surface area contributed by atoms with Crippen LogP contribution in [-0.2, 0) is 6.42 Å². The lowest BCUT2D eigenvalue weighted by Gasteiger charge is -2.15. The second-order valence-electron chi connectivity index (χ2n) is 5.74. The average molecular weight is 289 g/mol. The zero-order chi connectivity index (χ0) is 14.7. The van der Waals surface area contributed by atoms with E-state index in [1.54, 1.807) is 0 Å². The predicted octanol–water partition coefficient (Wildman–Crippen LogP) is 4.93. The molecule has 1 atom stereocenters. The number of aliphatic hydroxyl groups excluding tert-OH is 1. The Balaban J connectivity index is 2.24. The van der Waals surface area contributed by atoms with Crippen LogP contribution < -0.4 is 0 Å². The van der Waals surface area contributed by atoms with Gasteiger partial charge in [0.25, 0.3) is 0 Å². The topological polar surface area (TPSA) is 20.2 Å². The van der Waals surface area contributed by atoms with Crippen LogP contribution in [0.5, 0.6) is 0 Å². The molecule has 0 amide bonds. The summed E-state index contributed by atoms with van der Waals surface area (Å²) in [6.45, 7) is 6.40. The van der Waals surface area contributed by atoms with E-state index in [1.165, 1.54) is 5.56 Å². The third kappa shape index (κ3) is 3.62. The Hall–Kier alpha value is -1.31. The van der Waals surface area contributed by atoms with Gasteiger partial charge in [-0.1, -0.05) is 55.8 Å². The van der Waals surface area contributed by atoms with Crippen LogP contribution in [-0.4, -0.2) is 5.11 Å². The van der Waals surface area contributed by atoms with Gasteiger partial charge in [0.15, 0.2) is 0 Å². The Bertz CT molecular complexity index is 572. The van der Waals surface area contributed by atoms with Crippen LogP contribution >= 0.6 is 11.6 Å². The molecule has 0 aliphatic rings. The summed E-state index contributed by atoms with van der Waals surface area (Å²) in [4.78, 5) is 0. The molecule has 1 N–H and O–H groups in total. The van der Waals surface area contributed by atoms with Crippen molar-refractivity contribution in [2.75, 3.05) is 0 Å². The highest BCUT2D eigenvalue weighted by Gasteiger charge is 2.13. The second-order valence-corrected chi connectivity index (χ2v) is 6.18. The van der Waals surface area contributed by atoms with Crippen LogP contribution in [0.3, 0.4) is 0 Å². The minimum atomic E-state index is -0.623. The summed E-state index contributed by atoms with van der Waals surface area (Å²) in [7, 11) is 0. The number of halogens is 1. The fourth-order valence-corrected chi connectivity index (χ4v) is 2.57. The maximum Gasteiger partial charge on any atom is 0.104 e. The summed E-state index contributed by atoms with van der Waals surface area (Å²) in [5.74, 6) is 0.640. The molecule has 1 unspecified atom stereocenters.